The highest BCUT2D eigenvalue weighted by atomic mass is 32.1. The molecule has 1 fully saturated rings. The lowest BCUT2D eigenvalue weighted by Crippen LogP contribution is -2.29. The van der Waals surface area contributed by atoms with E-state index in [1.165, 1.54) is 24.2 Å². The summed E-state index contributed by atoms with van der Waals surface area (Å²) in [5.41, 5.74) is 5.85. The number of nitrogens with zero attached hydrogens (tertiary/aromatic N) is 3. The van der Waals surface area contributed by atoms with Gasteiger partial charge in [0.25, 0.3) is 5.89 Å². The number of hydrogen-bond acceptors (Lipinski definition) is 7. The minimum atomic E-state index is -0.417. The third kappa shape index (κ3) is 2.43. The van der Waals surface area contributed by atoms with E-state index < -0.39 is 5.60 Å². The number of ether oxygens (including phenoxy) is 1. The van der Waals surface area contributed by atoms with Gasteiger partial charge in [-0.3, -0.25) is 0 Å². The maximum absolute atomic E-state index is 5.77. The summed E-state index contributed by atoms with van der Waals surface area (Å²) in [6.07, 6.45) is 6.59. The quantitative estimate of drug-likeness (QED) is 0.876. The molecule has 0 aliphatic heterocycles. The summed E-state index contributed by atoms with van der Waals surface area (Å²) in [5.74, 6) is 1.04. The number of methoxy groups -OCH3 is 1. The molecule has 0 unspecified atom stereocenters. The summed E-state index contributed by atoms with van der Waals surface area (Å²) in [5, 5.41) is 6.44. The Hall–Kier alpha value is -1.47. The molecule has 2 heterocycles. The fourth-order valence-electron chi connectivity index (χ4n) is 2.72. The molecule has 1 aliphatic carbocycles. The van der Waals surface area contributed by atoms with Gasteiger partial charge >= 0.3 is 0 Å². The van der Waals surface area contributed by atoms with Gasteiger partial charge in [-0.25, -0.2) is 4.98 Å². The first-order valence-electron chi connectivity index (χ1n) is 6.84. The maximum Gasteiger partial charge on any atom is 0.277 e. The highest BCUT2D eigenvalue weighted by Crippen LogP contribution is 2.38. The molecular formula is C13H18N4O2S. The molecule has 6 nitrogen and oxygen atoms in total. The van der Waals surface area contributed by atoms with Crippen molar-refractivity contribution in [3.05, 3.63) is 11.2 Å². The van der Waals surface area contributed by atoms with Crippen molar-refractivity contribution in [3.8, 4) is 11.6 Å². The van der Waals surface area contributed by atoms with Gasteiger partial charge in [-0.1, -0.05) is 30.8 Å². The van der Waals surface area contributed by atoms with Crippen molar-refractivity contribution >= 4 is 16.5 Å². The van der Waals surface area contributed by atoms with E-state index in [1.807, 2.05) is 5.38 Å². The van der Waals surface area contributed by atoms with Crippen molar-refractivity contribution < 1.29 is 9.26 Å². The van der Waals surface area contributed by atoms with E-state index in [9.17, 15) is 0 Å². The molecular weight excluding hydrogens is 276 g/mol. The van der Waals surface area contributed by atoms with Crippen LogP contribution in [-0.2, 0) is 10.3 Å². The molecule has 1 aliphatic rings. The summed E-state index contributed by atoms with van der Waals surface area (Å²) in [6, 6.07) is 0. The van der Waals surface area contributed by atoms with Gasteiger partial charge in [0.15, 0.2) is 5.13 Å². The lowest BCUT2D eigenvalue weighted by atomic mass is 9.93. The second-order valence-electron chi connectivity index (χ2n) is 5.11. The Morgan fingerprint density at radius 2 is 2.00 bits per heavy atom. The van der Waals surface area contributed by atoms with Crippen LogP contribution in [0, 0.1) is 0 Å². The van der Waals surface area contributed by atoms with Crippen LogP contribution in [0.4, 0.5) is 5.13 Å². The van der Waals surface area contributed by atoms with E-state index in [2.05, 4.69) is 15.1 Å². The smallest absolute Gasteiger partial charge is 0.277 e. The first kappa shape index (κ1) is 13.5. The van der Waals surface area contributed by atoms with Gasteiger partial charge in [0, 0.05) is 12.5 Å². The van der Waals surface area contributed by atoms with Crippen LogP contribution >= 0.6 is 11.3 Å². The molecule has 108 valence electrons. The first-order chi connectivity index (χ1) is 9.73. The van der Waals surface area contributed by atoms with E-state index in [4.69, 9.17) is 15.0 Å². The molecule has 20 heavy (non-hydrogen) atoms. The van der Waals surface area contributed by atoms with Gasteiger partial charge in [-0.05, 0) is 12.8 Å². The Kier molecular flexibility index (Phi) is 3.71. The Labute approximate surface area is 121 Å². The summed E-state index contributed by atoms with van der Waals surface area (Å²) >= 11 is 1.36. The molecule has 1 saturated carbocycles. The van der Waals surface area contributed by atoms with Crippen LogP contribution in [0.3, 0.4) is 0 Å². The van der Waals surface area contributed by atoms with E-state index in [0.29, 0.717) is 22.5 Å². The predicted octanol–water partition coefficient (Wildman–Crippen LogP) is 2.97. The van der Waals surface area contributed by atoms with Gasteiger partial charge in [0.05, 0.1) is 0 Å². The molecule has 2 aromatic heterocycles. The SMILES string of the molecule is COC1(c2noc(-c3csc(N)n3)n2)CCCCCC1. The number of anilines is 1. The molecule has 3 rings (SSSR count). The second-order valence-corrected chi connectivity index (χ2v) is 6.00. The van der Waals surface area contributed by atoms with E-state index >= 15 is 0 Å². The monoisotopic (exact) mass is 294 g/mol. The third-order valence-corrected chi connectivity index (χ3v) is 4.55. The highest BCUT2D eigenvalue weighted by molar-refractivity contribution is 7.13. The molecule has 0 spiro atoms. The second kappa shape index (κ2) is 5.49. The lowest BCUT2D eigenvalue weighted by Gasteiger charge is -2.27. The van der Waals surface area contributed by atoms with Crippen LogP contribution in [0.25, 0.3) is 11.6 Å². The number of thiazole rings is 1. The zero-order valence-electron chi connectivity index (χ0n) is 11.5. The minimum absolute atomic E-state index is 0.411. The van der Waals surface area contributed by atoms with Crippen LogP contribution in [0.1, 0.15) is 44.3 Å². The molecule has 2 aromatic rings. The Morgan fingerprint density at radius 1 is 1.25 bits per heavy atom. The van der Waals surface area contributed by atoms with Crippen molar-refractivity contribution in [2.24, 2.45) is 0 Å². The highest BCUT2D eigenvalue weighted by Gasteiger charge is 2.37. The van der Waals surface area contributed by atoms with Gasteiger partial charge in [-0.15, -0.1) is 11.3 Å². The average molecular weight is 294 g/mol. The summed E-state index contributed by atoms with van der Waals surface area (Å²) < 4.78 is 11.1. The van der Waals surface area contributed by atoms with Crippen LogP contribution in [0.5, 0.6) is 0 Å². The molecule has 0 amide bonds. The van der Waals surface area contributed by atoms with E-state index in [0.717, 1.165) is 25.7 Å². The van der Waals surface area contributed by atoms with Gasteiger partial charge in [0.2, 0.25) is 5.82 Å². The fourth-order valence-corrected chi connectivity index (χ4v) is 3.25. The van der Waals surface area contributed by atoms with Crippen LogP contribution in [0.15, 0.2) is 9.90 Å². The first-order valence-corrected chi connectivity index (χ1v) is 7.72. The summed E-state index contributed by atoms with van der Waals surface area (Å²) in [7, 11) is 1.72. The third-order valence-electron chi connectivity index (χ3n) is 3.88. The molecule has 0 saturated heterocycles. The summed E-state index contributed by atoms with van der Waals surface area (Å²) in [6.45, 7) is 0. The fraction of sp³-hybridized carbons (Fsp3) is 0.615. The molecule has 0 radical (unpaired) electrons. The summed E-state index contributed by atoms with van der Waals surface area (Å²) in [4.78, 5) is 8.65. The molecule has 0 bridgehead atoms. The number of aromatic nitrogens is 3. The van der Waals surface area contributed by atoms with Crippen LogP contribution in [0.2, 0.25) is 0 Å². The Balaban J connectivity index is 1.91. The lowest BCUT2D eigenvalue weighted by molar-refractivity contribution is -0.0365. The van der Waals surface area contributed by atoms with E-state index in [-0.39, 0.29) is 0 Å². The van der Waals surface area contributed by atoms with E-state index in [1.54, 1.807) is 7.11 Å². The number of rotatable bonds is 3. The molecule has 0 aromatic carbocycles. The largest absolute Gasteiger partial charge is 0.375 e. The number of nitrogen functional groups attached to an aromatic ring is 1. The molecule has 0 atom stereocenters. The zero-order valence-corrected chi connectivity index (χ0v) is 12.3. The van der Waals surface area contributed by atoms with Crippen molar-refractivity contribution in [1.82, 2.24) is 15.1 Å². The van der Waals surface area contributed by atoms with Crippen molar-refractivity contribution in [2.75, 3.05) is 12.8 Å². The number of hydrogen-bond donors (Lipinski definition) is 1. The molecule has 2 N–H and O–H groups in total. The van der Waals surface area contributed by atoms with Crippen LogP contribution < -0.4 is 5.73 Å². The molecule has 7 heteroatoms. The maximum atomic E-state index is 5.77. The van der Waals surface area contributed by atoms with Crippen molar-refractivity contribution in [3.63, 3.8) is 0 Å². The van der Waals surface area contributed by atoms with Crippen molar-refractivity contribution in [2.45, 2.75) is 44.1 Å². The number of nitrogens with two attached hydrogens (primary N) is 1. The predicted molar refractivity (Wildman–Crippen MR) is 76.2 cm³/mol. The van der Waals surface area contributed by atoms with Gasteiger partial charge < -0.3 is 15.0 Å². The standard InChI is InChI=1S/C13H18N4O2S/c1-18-13(6-4-2-3-5-7-13)11-16-10(19-17-11)9-8-20-12(14)15-9/h8H,2-7H2,1H3,(H2,14,15). The Bertz CT molecular complexity index is 572. The van der Waals surface area contributed by atoms with Crippen LogP contribution in [-0.4, -0.2) is 22.2 Å². The topological polar surface area (TPSA) is 87.1 Å². The zero-order chi connectivity index (χ0) is 14.0. The Morgan fingerprint density at radius 3 is 2.60 bits per heavy atom. The van der Waals surface area contributed by atoms with Gasteiger partial charge in [-0.2, -0.15) is 4.98 Å². The van der Waals surface area contributed by atoms with Crippen molar-refractivity contribution in [1.29, 1.82) is 0 Å². The minimum Gasteiger partial charge on any atom is -0.375 e. The normalized spacial score (nSPS) is 18.9. The average Bonchev–Trinajstić information content (AvgIpc) is 3.03. The van der Waals surface area contributed by atoms with Gasteiger partial charge in [0.1, 0.15) is 11.3 Å².